The topological polar surface area (TPSA) is 85.1 Å². The van der Waals surface area contributed by atoms with E-state index in [1.54, 1.807) is 13.1 Å². The number of pyridine rings is 2. The van der Waals surface area contributed by atoms with Gasteiger partial charge in [0.25, 0.3) is 0 Å². The number of hydrogen-bond donors (Lipinski definition) is 2. The molecule has 2 fully saturated rings. The van der Waals surface area contributed by atoms with Crippen molar-refractivity contribution < 1.29 is 13.9 Å². The van der Waals surface area contributed by atoms with E-state index in [-0.39, 0.29) is 50.6 Å². The molecule has 2 atom stereocenters. The number of nitrogens with one attached hydrogen (secondary N) is 1. The van der Waals surface area contributed by atoms with Crippen LogP contribution in [0.25, 0.3) is 32.8 Å². The molecule has 2 unspecified atom stereocenters. The molecule has 2 aromatic heterocycles. The van der Waals surface area contributed by atoms with Gasteiger partial charge >= 0.3 is 0 Å². The highest BCUT2D eigenvalue weighted by Gasteiger charge is 2.42. The minimum atomic E-state index is -0.682. The summed E-state index contributed by atoms with van der Waals surface area (Å²) in [4.78, 5) is 11.2. The van der Waals surface area contributed by atoms with Gasteiger partial charge in [0, 0.05) is 52.6 Å². The molecule has 37 heavy (non-hydrogen) atoms. The summed E-state index contributed by atoms with van der Waals surface area (Å²) in [5.41, 5.74) is 0.475. The number of aromatic hydroxyl groups is 1. The number of nitrogens with zero attached hydrogens (tertiary/aromatic N) is 4. The van der Waals surface area contributed by atoms with Gasteiger partial charge in [-0.3, -0.25) is 4.98 Å². The zero-order chi connectivity index (χ0) is 26.1. The van der Waals surface area contributed by atoms with Crippen LogP contribution in [0.3, 0.4) is 0 Å². The lowest BCUT2D eigenvalue weighted by molar-refractivity contribution is 0.349. The van der Waals surface area contributed by atoms with Crippen molar-refractivity contribution in [3.05, 3.63) is 58.9 Å². The van der Waals surface area contributed by atoms with Crippen LogP contribution in [0.4, 0.5) is 14.6 Å². The Kier molecular flexibility index (Phi) is 5.08. The van der Waals surface area contributed by atoms with Crippen LogP contribution in [0.15, 0.2) is 30.5 Å². The minimum absolute atomic E-state index is 0.0387. The summed E-state index contributed by atoms with van der Waals surface area (Å²) in [7, 11) is 0. The fraction of sp³-hybridized carbons (Fsp3) is 0.276. The average Bonchev–Trinajstić information content (AvgIpc) is 3.15. The van der Waals surface area contributed by atoms with Crippen LogP contribution in [-0.4, -0.2) is 39.7 Å². The lowest BCUT2D eigenvalue weighted by Gasteiger charge is -2.40. The summed E-state index contributed by atoms with van der Waals surface area (Å²) in [6.45, 7) is 5.18. The fourth-order valence-corrected chi connectivity index (χ4v) is 5.99. The Hall–Kier alpha value is -4.27. The van der Waals surface area contributed by atoms with Crippen molar-refractivity contribution in [2.75, 3.05) is 18.0 Å². The standard InChI is InChI=1S/C29H23F2N5O/c1-4-19-22(30)6-5-16-9-18(37)10-20(25(16)19)27-26(31)24-15(2)23(11-32)34-28(21(24)12-33-27)36-13-17-7-8-29(3,14-36)35-17/h1,5-6,9-10,12,17,35,37H,7-8,13-14H2,2-3H3. The number of benzene rings is 2. The molecule has 0 amide bonds. The molecule has 184 valence electrons. The second kappa shape index (κ2) is 8.12. The van der Waals surface area contributed by atoms with Crippen LogP contribution in [0.5, 0.6) is 5.75 Å². The van der Waals surface area contributed by atoms with Crippen molar-refractivity contribution in [2.24, 2.45) is 0 Å². The molecule has 2 aliphatic rings. The maximum Gasteiger partial charge on any atom is 0.157 e. The van der Waals surface area contributed by atoms with E-state index in [1.165, 1.54) is 24.3 Å². The second-order valence-electron chi connectivity index (χ2n) is 10.2. The van der Waals surface area contributed by atoms with Gasteiger partial charge in [0.15, 0.2) is 5.82 Å². The highest BCUT2D eigenvalue weighted by molar-refractivity contribution is 6.04. The molecular weight excluding hydrogens is 472 g/mol. The van der Waals surface area contributed by atoms with Crippen LogP contribution in [0.1, 0.15) is 36.6 Å². The summed E-state index contributed by atoms with van der Waals surface area (Å²) in [6, 6.07) is 7.87. The van der Waals surface area contributed by atoms with Gasteiger partial charge in [-0.25, -0.2) is 13.8 Å². The third-order valence-corrected chi connectivity index (χ3v) is 7.64. The number of anilines is 1. The van der Waals surface area contributed by atoms with E-state index in [0.29, 0.717) is 35.2 Å². The quantitative estimate of drug-likeness (QED) is 0.384. The molecule has 0 radical (unpaired) electrons. The summed E-state index contributed by atoms with van der Waals surface area (Å²) in [5, 5.41) is 25.3. The molecule has 4 heterocycles. The van der Waals surface area contributed by atoms with Gasteiger partial charge in [-0.2, -0.15) is 5.26 Å². The highest BCUT2D eigenvalue weighted by atomic mass is 19.1. The first kappa shape index (κ1) is 23.1. The minimum Gasteiger partial charge on any atom is -0.508 e. The Morgan fingerprint density at radius 2 is 2.08 bits per heavy atom. The molecule has 0 spiro atoms. The van der Waals surface area contributed by atoms with Crippen LogP contribution < -0.4 is 10.2 Å². The van der Waals surface area contributed by atoms with Crippen LogP contribution in [0.2, 0.25) is 0 Å². The molecule has 6 nitrogen and oxygen atoms in total. The largest absolute Gasteiger partial charge is 0.508 e. The molecular formula is C29H23F2N5O. The maximum atomic E-state index is 16.5. The lowest BCUT2D eigenvalue weighted by atomic mass is 9.94. The van der Waals surface area contributed by atoms with E-state index in [2.05, 4.69) is 39.1 Å². The lowest BCUT2D eigenvalue weighted by Crippen LogP contribution is -2.58. The molecule has 0 aliphatic carbocycles. The van der Waals surface area contributed by atoms with Crippen LogP contribution >= 0.6 is 0 Å². The average molecular weight is 496 g/mol. The third-order valence-electron chi connectivity index (χ3n) is 7.64. The number of piperazine rings is 1. The van der Waals surface area contributed by atoms with Gasteiger partial charge in [0.2, 0.25) is 0 Å². The van der Waals surface area contributed by atoms with Gasteiger partial charge in [-0.1, -0.05) is 12.0 Å². The van der Waals surface area contributed by atoms with Gasteiger partial charge in [0.1, 0.15) is 34.8 Å². The number of aryl methyl sites for hydroxylation is 1. The number of rotatable bonds is 2. The zero-order valence-electron chi connectivity index (χ0n) is 20.4. The van der Waals surface area contributed by atoms with Crippen molar-refractivity contribution in [2.45, 2.75) is 38.3 Å². The Morgan fingerprint density at radius 3 is 2.81 bits per heavy atom. The van der Waals surface area contributed by atoms with Gasteiger partial charge in [0.05, 0.1) is 5.56 Å². The summed E-state index contributed by atoms with van der Waals surface area (Å²) >= 11 is 0. The summed E-state index contributed by atoms with van der Waals surface area (Å²) < 4.78 is 31.1. The van der Waals surface area contributed by atoms with E-state index in [4.69, 9.17) is 6.42 Å². The number of terminal acetylenes is 1. The summed E-state index contributed by atoms with van der Waals surface area (Å²) in [5.74, 6) is 1.43. The van der Waals surface area contributed by atoms with Crippen molar-refractivity contribution in [1.29, 1.82) is 5.26 Å². The van der Waals surface area contributed by atoms with Gasteiger partial charge in [-0.15, -0.1) is 6.42 Å². The monoisotopic (exact) mass is 495 g/mol. The normalized spacial score (nSPS) is 20.8. The molecule has 2 N–H and O–H groups in total. The number of nitriles is 1. The Bertz CT molecular complexity index is 1720. The van der Waals surface area contributed by atoms with E-state index in [1.807, 2.05) is 0 Å². The Balaban J connectivity index is 1.64. The van der Waals surface area contributed by atoms with Crippen LogP contribution in [0, 0.1) is 42.2 Å². The van der Waals surface area contributed by atoms with Crippen molar-refractivity contribution in [3.8, 4) is 35.4 Å². The first-order valence-electron chi connectivity index (χ1n) is 12.1. The number of halogens is 2. The fourth-order valence-electron chi connectivity index (χ4n) is 5.99. The maximum absolute atomic E-state index is 16.5. The number of phenols is 1. The van der Waals surface area contributed by atoms with Crippen molar-refractivity contribution in [1.82, 2.24) is 15.3 Å². The van der Waals surface area contributed by atoms with E-state index in [0.717, 1.165) is 12.8 Å². The van der Waals surface area contributed by atoms with Crippen molar-refractivity contribution in [3.63, 3.8) is 0 Å². The summed E-state index contributed by atoms with van der Waals surface area (Å²) in [6.07, 6.45) is 9.22. The number of fused-ring (bicyclic) bond motifs is 4. The number of aromatic nitrogens is 2. The first-order chi connectivity index (χ1) is 17.7. The van der Waals surface area contributed by atoms with Gasteiger partial charge in [-0.05, 0) is 55.8 Å². The zero-order valence-corrected chi connectivity index (χ0v) is 20.4. The third kappa shape index (κ3) is 3.48. The van der Waals surface area contributed by atoms with Crippen LogP contribution in [-0.2, 0) is 0 Å². The molecule has 2 saturated heterocycles. The highest BCUT2D eigenvalue weighted by Crippen LogP contribution is 2.41. The molecule has 2 aliphatic heterocycles. The van der Waals surface area contributed by atoms with E-state index < -0.39 is 11.6 Å². The van der Waals surface area contributed by atoms with Gasteiger partial charge < -0.3 is 15.3 Å². The van der Waals surface area contributed by atoms with E-state index in [9.17, 15) is 14.8 Å². The second-order valence-corrected chi connectivity index (χ2v) is 10.2. The Morgan fingerprint density at radius 1 is 1.27 bits per heavy atom. The molecule has 2 bridgehead atoms. The number of phenolic OH excluding ortho intramolecular Hbond substituents is 1. The number of hydrogen-bond acceptors (Lipinski definition) is 6. The SMILES string of the molecule is C#Cc1c(F)ccc2cc(O)cc(-c3ncc4c(N5CC6CCC(C)(C5)N6)nc(C#N)c(C)c4c3F)c12. The Labute approximate surface area is 212 Å². The van der Waals surface area contributed by atoms with Crippen molar-refractivity contribution >= 4 is 27.4 Å². The molecule has 4 aromatic rings. The first-order valence-corrected chi connectivity index (χ1v) is 12.1. The molecule has 2 aromatic carbocycles. The molecule has 0 saturated carbocycles. The smallest absolute Gasteiger partial charge is 0.157 e. The molecule has 8 heteroatoms. The molecule has 6 rings (SSSR count). The predicted molar refractivity (Wildman–Crippen MR) is 138 cm³/mol. The van der Waals surface area contributed by atoms with E-state index >= 15 is 4.39 Å². The predicted octanol–water partition coefficient (Wildman–Crippen LogP) is 4.93.